The van der Waals surface area contributed by atoms with Gasteiger partial charge in [0.2, 0.25) is 0 Å². The fourth-order valence-corrected chi connectivity index (χ4v) is 1.53. The van der Waals surface area contributed by atoms with Crippen LogP contribution in [0.2, 0.25) is 0 Å². The van der Waals surface area contributed by atoms with Crippen molar-refractivity contribution in [1.82, 2.24) is 0 Å². The van der Waals surface area contributed by atoms with Gasteiger partial charge in [-0.25, -0.2) is 0 Å². The van der Waals surface area contributed by atoms with E-state index in [1.54, 1.807) is 12.2 Å². The molecule has 0 spiro atoms. The quantitative estimate of drug-likeness (QED) is 0.392. The van der Waals surface area contributed by atoms with Crippen LogP contribution in [-0.4, -0.2) is 0 Å². The zero-order valence-electron chi connectivity index (χ0n) is 10.1. The number of terminal acetylenes is 2. The first-order chi connectivity index (χ1) is 7.91. The van der Waals surface area contributed by atoms with Crippen molar-refractivity contribution in [3.63, 3.8) is 0 Å². The lowest BCUT2D eigenvalue weighted by Gasteiger charge is -1.98. The Morgan fingerprint density at radius 1 is 0.625 bits per heavy atom. The van der Waals surface area contributed by atoms with Gasteiger partial charge >= 0.3 is 0 Å². The first-order valence-corrected chi connectivity index (χ1v) is 6.14. The van der Waals surface area contributed by atoms with Gasteiger partial charge in [-0.3, -0.25) is 0 Å². The minimum Gasteiger partial charge on any atom is -0.115 e. The van der Waals surface area contributed by atoms with Crippen LogP contribution in [0.15, 0.2) is 24.3 Å². The maximum atomic E-state index is 5.10. The standard InChI is InChI=1S/C16H22/c1-3-5-7-9-11-13-15-16-14-12-10-8-6-4-2/h1-2,5-8H,9-16H2/b7-5-,8-6-. The second-order valence-electron chi connectivity index (χ2n) is 3.84. The monoisotopic (exact) mass is 214 g/mol. The minimum atomic E-state index is 1.12. The molecule has 0 saturated carbocycles. The molecule has 0 radical (unpaired) electrons. The summed E-state index contributed by atoms with van der Waals surface area (Å²) < 4.78 is 0. The Kier molecular flexibility index (Phi) is 12.4. The van der Waals surface area contributed by atoms with Crippen molar-refractivity contribution in [1.29, 1.82) is 0 Å². The van der Waals surface area contributed by atoms with Gasteiger partial charge in [-0.15, -0.1) is 12.8 Å². The second-order valence-corrected chi connectivity index (χ2v) is 3.84. The van der Waals surface area contributed by atoms with E-state index in [1.807, 2.05) is 0 Å². The van der Waals surface area contributed by atoms with Crippen molar-refractivity contribution in [3.05, 3.63) is 24.3 Å². The second kappa shape index (κ2) is 13.6. The maximum absolute atomic E-state index is 5.10. The maximum Gasteiger partial charge on any atom is -0.0162 e. The Hall–Kier alpha value is -1.40. The zero-order chi connectivity index (χ0) is 11.9. The molecular formula is C16H22. The van der Waals surface area contributed by atoms with E-state index in [0.29, 0.717) is 0 Å². The predicted octanol–water partition coefficient (Wildman–Crippen LogP) is 4.49. The Morgan fingerprint density at radius 2 is 1.00 bits per heavy atom. The molecule has 0 fully saturated rings. The Morgan fingerprint density at radius 3 is 1.38 bits per heavy atom. The Bertz CT molecular complexity index is 237. The number of rotatable bonds is 9. The van der Waals surface area contributed by atoms with E-state index in [2.05, 4.69) is 24.0 Å². The lowest BCUT2D eigenvalue weighted by atomic mass is 10.1. The molecule has 0 unspecified atom stereocenters. The van der Waals surface area contributed by atoms with E-state index < -0.39 is 0 Å². The smallest absolute Gasteiger partial charge is 0.0162 e. The minimum absolute atomic E-state index is 1.12. The van der Waals surface area contributed by atoms with E-state index in [9.17, 15) is 0 Å². The summed E-state index contributed by atoms with van der Waals surface area (Å²) >= 11 is 0. The average Bonchev–Trinajstić information content (AvgIpc) is 2.31. The number of unbranched alkanes of at least 4 members (excludes halogenated alkanes) is 7. The SMILES string of the molecule is C#C/C=C\CCCCCCCC/C=C\C#C. The number of hydrogen-bond acceptors (Lipinski definition) is 0. The summed E-state index contributed by atoms with van der Waals surface area (Å²) in [5.41, 5.74) is 0. The molecule has 86 valence electrons. The Balaban J connectivity index is 3.05. The molecule has 0 nitrogen and oxygen atoms in total. The van der Waals surface area contributed by atoms with Gasteiger partial charge in [-0.1, -0.05) is 49.7 Å². The average molecular weight is 214 g/mol. The van der Waals surface area contributed by atoms with E-state index in [4.69, 9.17) is 12.8 Å². The van der Waals surface area contributed by atoms with E-state index in [1.165, 1.54) is 38.5 Å². The topological polar surface area (TPSA) is 0 Å². The van der Waals surface area contributed by atoms with Gasteiger partial charge in [0.15, 0.2) is 0 Å². The van der Waals surface area contributed by atoms with E-state index in [-0.39, 0.29) is 0 Å². The molecule has 0 heteroatoms. The summed E-state index contributed by atoms with van der Waals surface area (Å²) in [4.78, 5) is 0. The van der Waals surface area contributed by atoms with Gasteiger partial charge in [0, 0.05) is 0 Å². The summed E-state index contributed by atoms with van der Waals surface area (Å²) in [6, 6.07) is 0. The molecule has 0 aliphatic carbocycles. The molecule has 16 heavy (non-hydrogen) atoms. The summed E-state index contributed by atoms with van der Waals surface area (Å²) in [7, 11) is 0. The summed E-state index contributed by atoms with van der Waals surface area (Å²) in [6.07, 6.45) is 28.0. The molecule has 0 aliphatic rings. The fraction of sp³-hybridized carbons (Fsp3) is 0.500. The summed E-state index contributed by atoms with van der Waals surface area (Å²) in [5, 5.41) is 0. The summed E-state index contributed by atoms with van der Waals surface area (Å²) in [6.45, 7) is 0. The molecule has 0 aromatic carbocycles. The highest BCUT2D eigenvalue weighted by Crippen LogP contribution is 2.09. The third-order valence-corrected chi connectivity index (χ3v) is 2.42. The molecule has 0 N–H and O–H groups in total. The van der Waals surface area contributed by atoms with Crippen LogP contribution in [0.3, 0.4) is 0 Å². The molecule has 0 aliphatic heterocycles. The van der Waals surface area contributed by atoms with Crippen molar-refractivity contribution in [2.45, 2.75) is 51.4 Å². The Labute approximate surface area is 101 Å². The van der Waals surface area contributed by atoms with Gasteiger partial charge in [0.05, 0.1) is 0 Å². The lowest BCUT2D eigenvalue weighted by molar-refractivity contribution is 0.600. The molecule has 0 heterocycles. The molecule has 0 rings (SSSR count). The van der Waals surface area contributed by atoms with Crippen LogP contribution in [0.25, 0.3) is 0 Å². The highest BCUT2D eigenvalue weighted by molar-refractivity contribution is 5.08. The van der Waals surface area contributed by atoms with E-state index in [0.717, 1.165) is 12.8 Å². The third-order valence-electron chi connectivity index (χ3n) is 2.42. The fourth-order valence-electron chi connectivity index (χ4n) is 1.53. The first kappa shape index (κ1) is 14.6. The van der Waals surface area contributed by atoms with Gasteiger partial charge in [-0.2, -0.15) is 0 Å². The van der Waals surface area contributed by atoms with Gasteiger partial charge < -0.3 is 0 Å². The van der Waals surface area contributed by atoms with E-state index >= 15 is 0 Å². The number of allylic oxidation sites excluding steroid dienone is 4. The van der Waals surface area contributed by atoms with Crippen molar-refractivity contribution in [2.75, 3.05) is 0 Å². The van der Waals surface area contributed by atoms with Crippen LogP contribution in [-0.2, 0) is 0 Å². The zero-order valence-corrected chi connectivity index (χ0v) is 10.1. The molecule has 0 aromatic heterocycles. The van der Waals surface area contributed by atoms with Crippen molar-refractivity contribution >= 4 is 0 Å². The third kappa shape index (κ3) is 12.6. The largest absolute Gasteiger partial charge is 0.115 e. The lowest BCUT2D eigenvalue weighted by Crippen LogP contribution is -1.79. The number of hydrogen-bond donors (Lipinski definition) is 0. The highest BCUT2D eigenvalue weighted by Gasteiger charge is 1.89. The van der Waals surface area contributed by atoms with Crippen LogP contribution in [0, 0.1) is 24.7 Å². The van der Waals surface area contributed by atoms with Crippen molar-refractivity contribution < 1.29 is 0 Å². The van der Waals surface area contributed by atoms with Crippen molar-refractivity contribution in [3.8, 4) is 24.7 Å². The normalized spacial score (nSPS) is 10.6. The van der Waals surface area contributed by atoms with Crippen molar-refractivity contribution in [2.24, 2.45) is 0 Å². The van der Waals surface area contributed by atoms with Crippen LogP contribution < -0.4 is 0 Å². The van der Waals surface area contributed by atoms with Gasteiger partial charge in [0.1, 0.15) is 0 Å². The van der Waals surface area contributed by atoms with Gasteiger partial charge in [-0.05, 0) is 37.8 Å². The van der Waals surface area contributed by atoms with Crippen LogP contribution in [0.4, 0.5) is 0 Å². The van der Waals surface area contributed by atoms with Crippen LogP contribution in [0.1, 0.15) is 51.4 Å². The van der Waals surface area contributed by atoms with Crippen LogP contribution >= 0.6 is 0 Å². The van der Waals surface area contributed by atoms with Crippen LogP contribution in [0.5, 0.6) is 0 Å². The molecule has 0 amide bonds. The first-order valence-electron chi connectivity index (χ1n) is 6.14. The molecule has 0 aromatic rings. The highest BCUT2D eigenvalue weighted by atomic mass is 14.0. The summed E-state index contributed by atoms with van der Waals surface area (Å²) in [5.74, 6) is 5.00. The van der Waals surface area contributed by atoms with Gasteiger partial charge in [0.25, 0.3) is 0 Å². The molecule has 0 saturated heterocycles. The molecule has 0 bridgehead atoms. The predicted molar refractivity (Wildman–Crippen MR) is 72.9 cm³/mol. The molecular weight excluding hydrogens is 192 g/mol. The molecule has 0 atom stereocenters.